The third-order valence-electron chi connectivity index (χ3n) is 4.99. The first-order valence-electron chi connectivity index (χ1n) is 8.94. The molecule has 0 saturated heterocycles. The Kier molecular flexibility index (Phi) is 5.58. The minimum absolute atomic E-state index is 0.00273. The molecule has 0 aromatic carbocycles. The summed E-state index contributed by atoms with van der Waals surface area (Å²) in [6, 6.07) is 3.88. The van der Waals surface area contributed by atoms with Gasteiger partial charge in [0.05, 0.1) is 25.6 Å². The number of hydrogen-bond acceptors (Lipinski definition) is 4. The first kappa shape index (κ1) is 17.7. The summed E-state index contributed by atoms with van der Waals surface area (Å²) in [5, 5.41) is 2.85. The number of rotatable bonds is 7. The summed E-state index contributed by atoms with van der Waals surface area (Å²) >= 11 is 0. The number of furan rings is 1. The quantitative estimate of drug-likeness (QED) is 0.822. The Morgan fingerprint density at radius 3 is 2.96 bits per heavy atom. The molecular weight excluding hydrogens is 320 g/mol. The van der Waals surface area contributed by atoms with Gasteiger partial charge in [-0.1, -0.05) is 6.42 Å². The molecule has 1 aromatic rings. The normalized spacial score (nSPS) is 20.2. The van der Waals surface area contributed by atoms with Crippen LogP contribution >= 0.6 is 0 Å². The molecule has 0 spiro atoms. The van der Waals surface area contributed by atoms with Crippen LogP contribution in [0.5, 0.6) is 0 Å². The Balaban J connectivity index is 1.64. The molecule has 1 atom stereocenters. The molecule has 6 nitrogen and oxygen atoms in total. The Morgan fingerprint density at radius 1 is 1.40 bits per heavy atom. The number of ether oxygens (including phenoxy) is 1. The fourth-order valence-electron chi connectivity index (χ4n) is 3.77. The number of hydrogen-bond donors (Lipinski definition) is 1. The lowest BCUT2D eigenvalue weighted by Crippen LogP contribution is -2.39. The van der Waals surface area contributed by atoms with E-state index in [9.17, 15) is 9.59 Å². The highest BCUT2D eigenvalue weighted by molar-refractivity contribution is 6.02. The number of carbonyl (C=O) groups is 2. The Morgan fingerprint density at radius 2 is 2.24 bits per heavy atom. The van der Waals surface area contributed by atoms with Crippen molar-refractivity contribution >= 4 is 11.8 Å². The number of fused-ring (bicyclic) bond motifs is 1. The van der Waals surface area contributed by atoms with Crippen molar-refractivity contribution in [3.05, 3.63) is 34.8 Å². The maximum Gasteiger partial charge on any atom is 0.250 e. The Labute approximate surface area is 148 Å². The molecular formula is C19H26N2O4. The average Bonchev–Trinajstić information content (AvgIpc) is 3.14. The van der Waals surface area contributed by atoms with Crippen molar-refractivity contribution in [3.63, 3.8) is 0 Å². The lowest BCUT2D eigenvalue weighted by Gasteiger charge is -2.29. The Bertz CT molecular complexity index is 677. The molecule has 136 valence electrons. The van der Waals surface area contributed by atoms with Gasteiger partial charge in [-0.3, -0.25) is 9.59 Å². The second-order valence-electron chi connectivity index (χ2n) is 6.72. The van der Waals surface area contributed by atoms with E-state index in [0.717, 1.165) is 42.8 Å². The number of carbonyl (C=O) groups excluding carboxylic acids is 2. The lowest BCUT2D eigenvalue weighted by molar-refractivity contribution is -0.129. The molecule has 1 aliphatic carbocycles. The summed E-state index contributed by atoms with van der Waals surface area (Å²) in [4.78, 5) is 27.0. The molecule has 6 heteroatoms. The maximum absolute atomic E-state index is 12.8. The molecule has 1 saturated carbocycles. The predicted molar refractivity (Wildman–Crippen MR) is 92.8 cm³/mol. The van der Waals surface area contributed by atoms with E-state index in [-0.39, 0.29) is 24.3 Å². The first-order chi connectivity index (χ1) is 12.1. The maximum atomic E-state index is 12.8. The van der Waals surface area contributed by atoms with E-state index in [0.29, 0.717) is 25.3 Å². The highest BCUT2D eigenvalue weighted by atomic mass is 16.5. The molecule has 0 bridgehead atoms. The van der Waals surface area contributed by atoms with Crippen molar-refractivity contribution in [2.24, 2.45) is 0 Å². The number of aryl methyl sites for hydroxylation is 1. The zero-order valence-corrected chi connectivity index (χ0v) is 15.0. The molecule has 25 heavy (non-hydrogen) atoms. The molecule has 1 fully saturated rings. The number of nitrogens with one attached hydrogen (secondary N) is 1. The van der Waals surface area contributed by atoms with E-state index in [1.165, 1.54) is 0 Å². The van der Waals surface area contributed by atoms with Crippen LogP contribution < -0.4 is 5.32 Å². The topological polar surface area (TPSA) is 71.8 Å². The summed E-state index contributed by atoms with van der Waals surface area (Å²) in [6.45, 7) is 3.32. The largest absolute Gasteiger partial charge is 0.465 e. The molecule has 1 N–H and O–H groups in total. The van der Waals surface area contributed by atoms with Gasteiger partial charge in [0, 0.05) is 19.2 Å². The van der Waals surface area contributed by atoms with Gasteiger partial charge in [0.15, 0.2) is 0 Å². The standard InChI is InChI=1S/C19H26N2O4/c1-13-7-8-14(25-13)12-20-18(22)11-16-15-5-3-4-6-17(15)21(19(16)23)9-10-24-2/h7-8,17H,3-6,9-12H2,1-2H3,(H,20,22). The predicted octanol–water partition coefficient (Wildman–Crippen LogP) is 2.32. The number of amides is 2. The molecule has 3 rings (SSSR count). The van der Waals surface area contributed by atoms with Crippen LogP contribution in [0.2, 0.25) is 0 Å². The lowest BCUT2D eigenvalue weighted by atomic mass is 9.88. The van der Waals surface area contributed by atoms with Crippen molar-refractivity contribution in [1.82, 2.24) is 10.2 Å². The van der Waals surface area contributed by atoms with Gasteiger partial charge >= 0.3 is 0 Å². The van der Waals surface area contributed by atoms with Gasteiger partial charge in [-0.25, -0.2) is 0 Å². The van der Waals surface area contributed by atoms with Gasteiger partial charge in [0.1, 0.15) is 11.5 Å². The van der Waals surface area contributed by atoms with Gasteiger partial charge in [-0.05, 0) is 43.9 Å². The van der Waals surface area contributed by atoms with E-state index in [1.54, 1.807) is 7.11 Å². The van der Waals surface area contributed by atoms with Gasteiger partial charge in [-0.15, -0.1) is 0 Å². The first-order valence-corrected chi connectivity index (χ1v) is 8.94. The number of methoxy groups -OCH3 is 1. The third-order valence-corrected chi connectivity index (χ3v) is 4.99. The fourth-order valence-corrected chi connectivity index (χ4v) is 3.77. The molecule has 1 aromatic heterocycles. The van der Waals surface area contributed by atoms with Gasteiger partial charge in [0.2, 0.25) is 5.91 Å². The van der Waals surface area contributed by atoms with Crippen LogP contribution in [-0.4, -0.2) is 43.0 Å². The van der Waals surface area contributed by atoms with Crippen LogP contribution in [0.1, 0.15) is 43.6 Å². The zero-order chi connectivity index (χ0) is 17.8. The van der Waals surface area contributed by atoms with Gasteiger partial charge in [0.25, 0.3) is 5.91 Å². The van der Waals surface area contributed by atoms with Crippen molar-refractivity contribution in [1.29, 1.82) is 0 Å². The van der Waals surface area contributed by atoms with Crippen LogP contribution in [0.3, 0.4) is 0 Å². The van der Waals surface area contributed by atoms with Crippen molar-refractivity contribution in [2.75, 3.05) is 20.3 Å². The van der Waals surface area contributed by atoms with Crippen molar-refractivity contribution < 1.29 is 18.7 Å². The average molecular weight is 346 g/mol. The van der Waals surface area contributed by atoms with Crippen LogP contribution in [0.4, 0.5) is 0 Å². The molecule has 1 aliphatic heterocycles. The monoisotopic (exact) mass is 346 g/mol. The summed E-state index contributed by atoms with van der Waals surface area (Å²) in [6.07, 6.45) is 4.27. The summed E-state index contributed by atoms with van der Waals surface area (Å²) in [7, 11) is 1.64. The molecule has 2 amide bonds. The molecule has 0 radical (unpaired) electrons. The number of nitrogens with zero attached hydrogens (tertiary/aromatic N) is 1. The summed E-state index contributed by atoms with van der Waals surface area (Å²) in [5.74, 6) is 1.41. The smallest absolute Gasteiger partial charge is 0.250 e. The van der Waals surface area contributed by atoms with E-state index in [2.05, 4.69) is 5.32 Å². The van der Waals surface area contributed by atoms with Crippen molar-refractivity contribution in [3.8, 4) is 0 Å². The van der Waals surface area contributed by atoms with E-state index in [1.807, 2.05) is 24.0 Å². The van der Waals surface area contributed by atoms with Crippen LogP contribution in [-0.2, 0) is 20.9 Å². The van der Waals surface area contributed by atoms with E-state index in [4.69, 9.17) is 9.15 Å². The third kappa shape index (κ3) is 3.95. The van der Waals surface area contributed by atoms with Gasteiger partial charge in [-0.2, -0.15) is 0 Å². The highest BCUT2D eigenvalue weighted by Crippen LogP contribution is 2.37. The van der Waals surface area contributed by atoms with Crippen molar-refractivity contribution in [2.45, 2.75) is 51.6 Å². The van der Waals surface area contributed by atoms with Crippen LogP contribution in [0.15, 0.2) is 27.7 Å². The molecule has 1 unspecified atom stereocenters. The molecule has 2 heterocycles. The van der Waals surface area contributed by atoms with Crippen LogP contribution in [0.25, 0.3) is 0 Å². The van der Waals surface area contributed by atoms with E-state index >= 15 is 0 Å². The zero-order valence-electron chi connectivity index (χ0n) is 15.0. The second kappa shape index (κ2) is 7.87. The fraction of sp³-hybridized carbons (Fsp3) is 0.579. The summed E-state index contributed by atoms with van der Waals surface area (Å²) < 4.78 is 10.6. The highest BCUT2D eigenvalue weighted by Gasteiger charge is 2.39. The minimum atomic E-state index is -0.136. The second-order valence-corrected chi connectivity index (χ2v) is 6.72. The molecule has 2 aliphatic rings. The SMILES string of the molecule is COCCN1C(=O)C(CC(=O)NCc2ccc(C)o2)=C2CCCCC21. The van der Waals surface area contributed by atoms with Crippen LogP contribution in [0, 0.1) is 6.92 Å². The summed E-state index contributed by atoms with van der Waals surface area (Å²) in [5.41, 5.74) is 1.85. The van der Waals surface area contributed by atoms with E-state index < -0.39 is 0 Å². The Hall–Kier alpha value is -2.08. The van der Waals surface area contributed by atoms with Gasteiger partial charge < -0.3 is 19.4 Å². The minimum Gasteiger partial charge on any atom is -0.465 e.